The van der Waals surface area contributed by atoms with Gasteiger partial charge in [-0.3, -0.25) is 4.79 Å². The van der Waals surface area contributed by atoms with Crippen LogP contribution in [0.5, 0.6) is 0 Å². The van der Waals surface area contributed by atoms with Gasteiger partial charge in [0.05, 0.1) is 0 Å². The van der Waals surface area contributed by atoms with Gasteiger partial charge in [-0.15, -0.1) is 0 Å². The van der Waals surface area contributed by atoms with E-state index < -0.39 is 0 Å². The van der Waals surface area contributed by atoms with Crippen LogP contribution in [0.4, 0.5) is 0 Å². The molecule has 0 atom stereocenters. The fourth-order valence-electron chi connectivity index (χ4n) is 4.18. The van der Waals surface area contributed by atoms with Crippen molar-refractivity contribution < 1.29 is 4.79 Å². The van der Waals surface area contributed by atoms with Gasteiger partial charge in [0.1, 0.15) is 0 Å². The van der Waals surface area contributed by atoms with Gasteiger partial charge in [0.2, 0.25) is 5.91 Å². The van der Waals surface area contributed by atoms with Crippen LogP contribution in [-0.2, 0) is 4.79 Å². The van der Waals surface area contributed by atoms with E-state index in [1.54, 1.807) is 0 Å². The number of rotatable bonds is 19. The molecule has 1 amide bonds. The number of hydrogen-bond donors (Lipinski definition) is 0. The summed E-state index contributed by atoms with van der Waals surface area (Å²) in [5.41, 5.74) is 0. The Labute approximate surface area is 176 Å². The molecule has 0 spiro atoms. The molecule has 1 aliphatic rings. The molecule has 2 heteroatoms. The van der Waals surface area contributed by atoms with E-state index in [1.165, 1.54) is 116 Å². The van der Waals surface area contributed by atoms with Crippen molar-refractivity contribution in [1.29, 1.82) is 0 Å². The van der Waals surface area contributed by atoms with E-state index in [-0.39, 0.29) is 0 Å². The SMILES string of the molecule is CCCCCCCCC=CCCCCCCCCCCCC(=O)N1CCCC1. The van der Waals surface area contributed by atoms with Gasteiger partial charge in [-0.25, -0.2) is 0 Å². The van der Waals surface area contributed by atoms with Gasteiger partial charge in [-0.1, -0.05) is 96.1 Å². The third kappa shape index (κ3) is 15.2. The summed E-state index contributed by atoms with van der Waals surface area (Å²) in [6.45, 7) is 4.30. The van der Waals surface area contributed by atoms with Crippen molar-refractivity contribution >= 4 is 5.91 Å². The smallest absolute Gasteiger partial charge is 0.222 e. The van der Waals surface area contributed by atoms with Crippen LogP contribution in [0, 0.1) is 0 Å². The lowest BCUT2D eigenvalue weighted by Gasteiger charge is -2.14. The number of carbonyl (C=O) groups is 1. The lowest BCUT2D eigenvalue weighted by molar-refractivity contribution is -0.130. The Kier molecular flexibility index (Phi) is 17.6. The number of amides is 1. The summed E-state index contributed by atoms with van der Waals surface area (Å²) in [6, 6.07) is 0. The van der Waals surface area contributed by atoms with Crippen molar-refractivity contribution in [2.24, 2.45) is 0 Å². The maximum atomic E-state index is 11.9. The first kappa shape index (κ1) is 25.2. The summed E-state index contributed by atoms with van der Waals surface area (Å²) in [5, 5.41) is 0. The molecule has 1 saturated heterocycles. The van der Waals surface area contributed by atoms with Crippen LogP contribution < -0.4 is 0 Å². The molecule has 0 saturated carbocycles. The number of carbonyl (C=O) groups excluding carboxylic acids is 1. The molecule has 1 aliphatic heterocycles. The number of unbranched alkanes of at least 4 members (excludes halogenated alkanes) is 15. The topological polar surface area (TPSA) is 20.3 Å². The number of allylic oxidation sites excluding steroid dienone is 2. The predicted molar refractivity (Wildman–Crippen MR) is 124 cm³/mol. The van der Waals surface area contributed by atoms with Gasteiger partial charge in [-0.2, -0.15) is 0 Å². The van der Waals surface area contributed by atoms with E-state index in [2.05, 4.69) is 24.0 Å². The van der Waals surface area contributed by atoms with Gasteiger partial charge in [0.25, 0.3) is 0 Å². The Balaban J connectivity index is 1.71. The molecule has 0 bridgehead atoms. The molecule has 0 aromatic carbocycles. The van der Waals surface area contributed by atoms with Crippen LogP contribution in [0.3, 0.4) is 0 Å². The highest BCUT2D eigenvalue weighted by Gasteiger charge is 2.16. The standard InChI is InChI=1S/C26H49NO/c1-2-3-4-5-6-7-8-9-10-11-12-13-14-15-16-17-18-19-20-23-26(28)27-24-21-22-25-27/h9-10H,2-8,11-25H2,1H3. The highest BCUT2D eigenvalue weighted by molar-refractivity contribution is 5.76. The van der Waals surface area contributed by atoms with E-state index in [0.29, 0.717) is 5.91 Å². The van der Waals surface area contributed by atoms with Crippen LogP contribution in [-0.4, -0.2) is 23.9 Å². The molecule has 28 heavy (non-hydrogen) atoms. The number of hydrogen-bond acceptors (Lipinski definition) is 1. The van der Waals surface area contributed by atoms with Gasteiger partial charge in [0.15, 0.2) is 0 Å². The van der Waals surface area contributed by atoms with Crippen molar-refractivity contribution in [2.45, 2.75) is 135 Å². The first-order valence-electron chi connectivity index (χ1n) is 12.8. The Morgan fingerprint density at radius 2 is 1.07 bits per heavy atom. The predicted octanol–water partition coefficient (Wildman–Crippen LogP) is 8.21. The zero-order valence-electron chi connectivity index (χ0n) is 19.1. The summed E-state index contributed by atoms with van der Waals surface area (Å²) in [6.07, 6.45) is 31.0. The molecule has 0 radical (unpaired) electrons. The molecule has 0 N–H and O–H groups in total. The van der Waals surface area contributed by atoms with Gasteiger partial charge in [-0.05, 0) is 44.9 Å². The highest BCUT2D eigenvalue weighted by Crippen LogP contribution is 2.14. The second-order valence-corrected chi connectivity index (χ2v) is 8.84. The first-order valence-corrected chi connectivity index (χ1v) is 12.8. The Bertz CT molecular complexity index is 371. The average Bonchev–Trinajstić information content (AvgIpc) is 3.24. The van der Waals surface area contributed by atoms with Crippen molar-refractivity contribution in [3.05, 3.63) is 12.2 Å². The number of nitrogens with zero attached hydrogens (tertiary/aromatic N) is 1. The zero-order valence-corrected chi connectivity index (χ0v) is 19.1. The molecule has 0 unspecified atom stereocenters. The normalized spacial score (nSPS) is 14.4. The third-order valence-electron chi connectivity index (χ3n) is 6.11. The van der Waals surface area contributed by atoms with Crippen molar-refractivity contribution in [1.82, 2.24) is 4.90 Å². The summed E-state index contributed by atoms with van der Waals surface area (Å²) in [5.74, 6) is 0.401. The van der Waals surface area contributed by atoms with E-state index in [9.17, 15) is 4.79 Å². The van der Waals surface area contributed by atoms with Crippen LogP contribution in [0.25, 0.3) is 0 Å². The molecule has 0 aromatic rings. The average molecular weight is 392 g/mol. The minimum Gasteiger partial charge on any atom is -0.343 e. The molecule has 1 heterocycles. The van der Waals surface area contributed by atoms with Crippen molar-refractivity contribution in [3.8, 4) is 0 Å². The summed E-state index contributed by atoms with van der Waals surface area (Å²) in [4.78, 5) is 14.0. The van der Waals surface area contributed by atoms with Gasteiger partial charge in [0, 0.05) is 19.5 Å². The second-order valence-electron chi connectivity index (χ2n) is 8.84. The third-order valence-corrected chi connectivity index (χ3v) is 6.11. The highest BCUT2D eigenvalue weighted by atomic mass is 16.2. The monoisotopic (exact) mass is 391 g/mol. The quantitative estimate of drug-likeness (QED) is 0.160. The molecule has 2 nitrogen and oxygen atoms in total. The molecular weight excluding hydrogens is 342 g/mol. The fourth-order valence-corrected chi connectivity index (χ4v) is 4.18. The van der Waals surface area contributed by atoms with E-state index in [0.717, 1.165) is 25.9 Å². The Morgan fingerprint density at radius 1 is 0.643 bits per heavy atom. The van der Waals surface area contributed by atoms with E-state index in [4.69, 9.17) is 0 Å². The van der Waals surface area contributed by atoms with E-state index in [1.807, 2.05) is 0 Å². The lowest BCUT2D eigenvalue weighted by atomic mass is 10.1. The summed E-state index contributed by atoms with van der Waals surface area (Å²) in [7, 11) is 0. The molecule has 0 aliphatic carbocycles. The van der Waals surface area contributed by atoms with Gasteiger partial charge >= 0.3 is 0 Å². The number of likely N-dealkylation sites (tertiary alicyclic amines) is 1. The Hall–Kier alpha value is -0.790. The minimum atomic E-state index is 0.401. The second kappa shape index (κ2) is 19.5. The largest absolute Gasteiger partial charge is 0.343 e. The van der Waals surface area contributed by atoms with Crippen LogP contribution in [0.1, 0.15) is 135 Å². The maximum absolute atomic E-state index is 11.9. The fraction of sp³-hybridized carbons (Fsp3) is 0.885. The minimum absolute atomic E-state index is 0.401. The van der Waals surface area contributed by atoms with E-state index >= 15 is 0 Å². The van der Waals surface area contributed by atoms with Crippen LogP contribution >= 0.6 is 0 Å². The van der Waals surface area contributed by atoms with Crippen molar-refractivity contribution in [3.63, 3.8) is 0 Å². The van der Waals surface area contributed by atoms with Gasteiger partial charge < -0.3 is 4.90 Å². The first-order chi connectivity index (χ1) is 13.8. The zero-order chi connectivity index (χ0) is 20.1. The lowest BCUT2D eigenvalue weighted by Crippen LogP contribution is -2.27. The molecule has 1 rings (SSSR count). The molecule has 1 fully saturated rings. The summed E-state index contributed by atoms with van der Waals surface area (Å²) >= 11 is 0. The van der Waals surface area contributed by atoms with Crippen LogP contribution in [0.15, 0.2) is 12.2 Å². The van der Waals surface area contributed by atoms with Crippen molar-refractivity contribution in [2.75, 3.05) is 13.1 Å². The molecule has 0 aromatic heterocycles. The summed E-state index contributed by atoms with van der Waals surface area (Å²) < 4.78 is 0. The van der Waals surface area contributed by atoms with Crippen LogP contribution in [0.2, 0.25) is 0 Å². The molecule has 164 valence electrons. The Morgan fingerprint density at radius 3 is 1.57 bits per heavy atom. The maximum Gasteiger partial charge on any atom is 0.222 e. The molecular formula is C26H49NO.